The lowest BCUT2D eigenvalue weighted by atomic mass is 10.1. The Morgan fingerprint density at radius 3 is 2.52 bits per heavy atom. The molecule has 27 heavy (non-hydrogen) atoms. The second kappa shape index (κ2) is 7.00. The van der Waals surface area contributed by atoms with E-state index in [0.717, 1.165) is 34.4 Å². The van der Waals surface area contributed by atoms with E-state index in [2.05, 4.69) is 38.1 Å². The number of nitrogens with zero attached hydrogens (tertiary/aromatic N) is 1. The number of aryl methyl sites for hydroxylation is 2. The summed E-state index contributed by atoms with van der Waals surface area (Å²) in [5, 5.41) is 11.0. The molecule has 4 nitrogen and oxygen atoms in total. The molecule has 0 bridgehead atoms. The van der Waals surface area contributed by atoms with Crippen molar-refractivity contribution in [1.82, 2.24) is 4.98 Å². The van der Waals surface area contributed by atoms with E-state index in [4.69, 9.17) is 9.40 Å². The summed E-state index contributed by atoms with van der Waals surface area (Å²) in [4.78, 5) is 18.4. The van der Waals surface area contributed by atoms with E-state index in [1.165, 1.54) is 23.0 Å². The highest BCUT2D eigenvalue weighted by atomic mass is 32.1. The van der Waals surface area contributed by atoms with Crippen molar-refractivity contribution < 1.29 is 9.52 Å². The summed E-state index contributed by atoms with van der Waals surface area (Å²) in [5.41, 5.74) is 3.63. The van der Waals surface area contributed by atoms with Gasteiger partial charge in [0.25, 0.3) is 0 Å². The van der Waals surface area contributed by atoms with Crippen molar-refractivity contribution in [3.63, 3.8) is 0 Å². The first kappa shape index (κ1) is 17.5. The lowest BCUT2D eigenvalue weighted by Gasteiger charge is -2.02. The average molecular weight is 377 g/mol. The van der Waals surface area contributed by atoms with E-state index in [1.54, 1.807) is 18.2 Å². The zero-order valence-corrected chi connectivity index (χ0v) is 16.0. The zero-order chi connectivity index (χ0) is 19.0. The van der Waals surface area contributed by atoms with Crippen molar-refractivity contribution in [2.75, 3.05) is 0 Å². The molecular weight excluding hydrogens is 358 g/mol. The van der Waals surface area contributed by atoms with Gasteiger partial charge in [0.1, 0.15) is 16.3 Å². The van der Waals surface area contributed by atoms with Gasteiger partial charge in [0.15, 0.2) is 0 Å². The molecule has 0 spiro atoms. The second-order valence-electron chi connectivity index (χ2n) is 6.36. The van der Waals surface area contributed by atoms with Crippen LogP contribution in [0.3, 0.4) is 0 Å². The van der Waals surface area contributed by atoms with E-state index in [9.17, 15) is 9.90 Å². The normalized spacial score (nSPS) is 11.2. The molecule has 0 unspecified atom stereocenters. The lowest BCUT2D eigenvalue weighted by molar-refractivity contribution is 0.473. The average Bonchev–Trinajstić information content (AvgIpc) is 3.11. The molecule has 0 aliphatic rings. The summed E-state index contributed by atoms with van der Waals surface area (Å²) in [5.74, 6) is 0.0683. The molecule has 0 saturated carbocycles. The molecule has 0 fully saturated rings. The maximum Gasteiger partial charge on any atom is 0.346 e. The standard InChI is InChI=1S/C22H19NO3S/c1-3-13-5-7-14(8-6-13)20-19(4-2)27-21(23-20)17-11-15-9-10-16(24)12-18(15)26-22(17)25/h5-12,24H,3-4H2,1-2H3. The Kier molecular flexibility index (Phi) is 4.54. The fourth-order valence-electron chi connectivity index (χ4n) is 3.08. The predicted molar refractivity (Wildman–Crippen MR) is 109 cm³/mol. The van der Waals surface area contributed by atoms with E-state index < -0.39 is 5.63 Å². The van der Waals surface area contributed by atoms with Crippen molar-refractivity contribution in [1.29, 1.82) is 0 Å². The van der Waals surface area contributed by atoms with Crippen LogP contribution in [0, 0.1) is 0 Å². The van der Waals surface area contributed by atoms with Gasteiger partial charge in [-0.25, -0.2) is 9.78 Å². The number of aromatic nitrogens is 1. The highest BCUT2D eigenvalue weighted by molar-refractivity contribution is 7.15. The Balaban J connectivity index is 1.84. The first-order valence-electron chi connectivity index (χ1n) is 8.95. The zero-order valence-electron chi connectivity index (χ0n) is 15.2. The number of rotatable bonds is 4. The van der Waals surface area contributed by atoms with E-state index in [-0.39, 0.29) is 5.75 Å². The summed E-state index contributed by atoms with van der Waals surface area (Å²) in [6, 6.07) is 14.9. The molecule has 1 N–H and O–H groups in total. The van der Waals surface area contributed by atoms with Crippen molar-refractivity contribution in [2.24, 2.45) is 0 Å². The number of hydrogen-bond acceptors (Lipinski definition) is 5. The van der Waals surface area contributed by atoms with Gasteiger partial charge in [0, 0.05) is 21.9 Å². The quantitative estimate of drug-likeness (QED) is 0.483. The van der Waals surface area contributed by atoms with E-state index in [0.29, 0.717) is 16.2 Å². The van der Waals surface area contributed by atoms with Crippen LogP contribution in [0.1, 0.15) is 24.3 Å². The SMILES string of the molecule is CCc1ccc(-c2nc(-c3cc4ccc(O)cc4oc3=O)sc2CC)cc1. The lowest BCUT2D eigenvalue weighted by Crippen LogP contribution is -2.02. The molecule has 136 valence electrons. The van der Waals surface area contributed by atoms with Crippen molar-refractivity contribution >= 4 is 22.3 Å². The minimum absolute atomic E-state index is 0.0683. The highest BCUT2D eigenvalue weighted by Crippen LogP contribution is 2.34. The number of hydrogen-bond donors (Lipinski definition) is 1. The highest BCUT2D eigenvalue weighted by Gasteiger charge is 2.17. The van der Waals surface area contributed by atoms with Crippen LogP contribution in [0.25, 0.3) is 32.8 Å². The predicted octanol–water partition coefficient (Wildman–Crippen LogP) is 5.41. The molecular formula is C22H19NO3S. The van der Waals surface area contributed by atoms with Crippen molar-refractivity contribution in [3.05, 3.63) is 69.4 Å². The molecule has 0 aliphatic carbocycles. The van der Waals surface area contributed by atoms with Crippen LogP contribution in [0.5, 0.6) is 5.75 Å². The molecule has 5 heteroatoms. The molecule has 4 rings (SSSR count). The van der Waals surface area contributed by atoms with Gasteiger partial charge in [0.05, 0.1) is 11.3 Å². The third-order valence-corrected chi connectivity index (χ3v) is 5.84. The summed E-state index contributed by atoms with van der Waals surface area (Å²) >= 11 is 1.52. The minimum atomic E-state index is -0.447. The van der Waals surface area contributed by atoms with Gasteiger partial charge < -0.3 is 9.52 Å². The van der Waals surface area contributed by atoms with Crippen molar-refractivity contribution in [3.8, 4) is 27.6 Å². The van der Waals surface area contributed by atoms with Gasteiger partial charge in [-0.3, -0.25) is 0 Å². The number of aromatic hydroxyl groups is 1. The minimum Gasteiger partial charge on any atom is -0.508 e. The van der Waals surface area contributed by atoms with Crippen LogP contribution in [0.4, 0.5) is 0 Å². The molecule has 0 radical (unpaired) electrons. The Morgan fingerprint density at radius 2 is 1.81 bits per heavy atom. The monoisotopic (exact) mass is 377 g/mol. The first-order valence-corrected chi connectivity index (χ1v) is 9.77. The molecule has 2 aromatic heterocycles. The molecule has 4 aromatic rings. The van der Waals surface area contributed by atoms with Gasteiger partial charge in [-0.05, 0) is 36.6 Å². The Bertz CT molecular complexity index is 1170. The molecule has 2 heterocycles. The molecule has 0 aliphatic heterocycles. The van der Waals surface area contributed by atoms with Crippen LogP contribution < -0.4 is 5.63 Å². The number of phenols is 1. The number of fused-ring (bicyclic) bond motifs is 1. The molecule has 0 atom stereocenters. The van der Waals surface area contributed by atoms with Gasteiger partial charge in [0.2, 0.25) is 0 Å². The van der Waals surface area contributed by atoms with Crippen LogP contribution in [-0.2, 0) is 12.8 Å². The maximum atomic E-state index is 12.5. The fourth-order valence-corrected chi connectivity index (χ4v) is 4.11. The van der Waals surface area contributed by atoms with Gasteiger partial charge in [-0.2, -0.15) is 0 Å². The molecule has 2 aromatic carbocycles. The Morgan fingerprint density at radius 1 is 1.04 bits per heavy atom. The summed E-state index contributed by atoms with van der Waals surface area (Å²) < 4.78 is 5.40. The first-order chi connectivity index (χ1) is 13.1. The van der Waals surface area contributed by atoms with E-state index in [1.807, 2.05) is 0 Å². The summed E-state index contributed by atoms with van der Waals surface area (Å²) in [7, 11) is 0. The van der Waals surface area contributed by atoms with E-state index >= 15 is 0 Å². The second-order valence-corrected chi connectivity index (χ2v) is 7.45. The maximum absolute atomic E-state index is 12.5. The van der Waals surface area contributed by atoms with Crippen LogP contribution in [0.15, 0.2) is 57.7 Å². The largest absolute Gasteiger partial charge is 0.508 e. The van der Waals surface area contributed by atoms with Crippen LogP contribution in [0.2, 0.25) is 0 Å². The number of phenolic OH excluding ortho intramolecular Hbond substituents is 1. The summed E-state index contributed by atoms with van der Waals surface area (Å²) in [6.45, 7) is 4.22. The fraction of sp³-hybridized carbons (Fsp3) is 0.182. The van der Waals surface area contributed by atoms with Gasteiger partial charge in [-0.15, -0.1) is 11.3 Å². The number of benzene rings is 2. The van der Waals surface area contributed by atoms with Crippen LogP contribution >= 0.6 is 11.3 Å². The Labute approximate surface area is 160 Å². The molecule has 0 saturated heterocycles. The third kappa shape index (κ3) is 3.26. The Hall–Kier alpha value is -2.92. The van der Waals surface area contributed by atoms with Crippen molar-refractivity contribution in [2.45, 2.75) is 26.7 Å². The topological polar surface area (TPSA) is 63.3 Å². The van der Waals surface area contributed by atoms with Gasteiger partial charge >= 0.3 is 5.63 Å². The third-order valence-electron chi connectivity index (χ3n) is 4.60. The van der Waals surface area contributed by atoms with Gasteiger partial charge in [-0.1, -0.05) is 38.1 Å². The number of thiazole rings is 1. The summed E-state index contributed by atoms with van der Waals surface area (Å²) in [6.07, 6.45) is 1.84. The smallest absolute Gasteiger partial charge is 0.346 e. The van der Waals surface area contributed by atoms with Crippen LogP contribution in [-0.4, -0.2) is 10.1 Å². The molecule has 0 amide bonds.